The summed E-state index contributed by atoms with van der Waals surface area (Å²) in [5, 5.41) is 12.9. The van der Waals surface area contributed by atoms with Crippen LogP contribution in [-0.2, 0) is 6.54 Å². The molecule has 0 bridgehead atoms. The van der Waals surface area contributed by atoms with Gasteiger partial charge in [-0.25, -0.2) is 14.8 Å². The number of anilines is 1. The van der Waals surface area contributed by atoms with Crippen LogP contribution < -0.4 is 4.90 Å². The normalized spacial score (nSPS) is 23.1. The van der Waals surface area contributed by atoms with Crippen molar-refractivity contribution in [3.63, 3.8) is 0 Å². The standard InChI is InChI=1S/C14H15N5O2/c20-13(21)12-4-17-19(8-12)5-9-2-15-14(16-3-9)18-6-10-1-11(10)7-18/h2-4,8,10-11H,1,5-7H2,(H,20,21). The Balaban J connectivity index is 1.44. The van der Waals surface area contributed by atoms with Crippen molar-refractivity contribution in [2.45, 2.75) is 13.0 Å². The largest absolute Gasteiger partial charge is 0.478 e. The first-order chi connectivity index (χ1) is 10.2. The van der Waals surface area contributed by atoms with Crippen LogP contribution in [0, 0.1) is 11.8 Å². The summed E-state index contributed by atoms with van der Waals surface area (Å²) in [6.07, 6.45) is 7.78. The topological polar surface area (TPSA) is 84.1 Å². The summed E-state index contributed by atoms with van der Waals surface area (Å²) >= 11 is 0. The number of carboxylic acids is 1. The van der Waals surface area contributed by atoms with E-state index in [1.807, 2.05) is 0 Å². The number of fused-ring (bicyclic) bond motifs is 1. The van der Waals surface area contributed by atoms with Crippen molar-refractivity contribution in [3.8, 4) is 0 Å². The molecule has 2 aromatic heterocycles. The summed E-state index contributed by atoms with van der Waals surface area (Å²) in [4.78, 5) is 21.9. The first-order valence-corrected chi connectivity index (χ1v) is 7.00. The number of nitrogens with zero attached hydrogens (tertiary/aromatic N) is 5. The van der Waals surface area contributed by atoms with Crippen molar-refractivity contribution in [1.82, 2.24) is 19.7 Å². The highest BCUT2D eigenvalue weighted by Gasteiger charge is 2.45. The zero-order valence-electron chi connectivity index (χ0n) is 11.4. The summed E-state index contributed by atoms with van der Waals surface area (Å²) in [6, 6.07) is 0. The molecule has 1 aliphatic carbocycles. The number of rotatable bonds is 4. The van der Waals surface area contributed by atoms with Crippen LogP contribution in [0.25, 0.3) is 0 Å². The van der Waals surface area contributed by atoms with Crippen LogP contribution in [0.1, 0.15) is 22.3 Å². The van der Waals surface area contributed by atoms with Crippen LogP contribution in [-0.4, -0.2) is 43.9 Å². The van der Waals surface area contributed by atoms with E-state index in [-0.39, 0.29) is 5.56 Å². The molecule has 7 nitrogen and oxygen atoms in total. The van der Waals surface area contributed by atoms with Crippen molar-refractivity contribution in [2.24, 2.45) is 11.8 Å². The molecule has 7 heteroatoms. The maximum atomic E-state index is 10.8. The fourth-order valence-electron chi connectivity index (χ4n) is 2.90. The van der Waals surface area contributed by atoms with E-state index in [4.69, 9.17) is 5.11 Å². The predicted octanol–water partition coefficient (Wildman–Crippen LogP) is 0.876. The maximum Gasteiger partial charge on any atom is 0.338 e. The van der Waals surface area contributed by atoms with Crippen LogP contribution in [0.5, 0.6) is 0 Å². The van der Waals surface area contributed by atoms with Gasteiger partial charge in [0.2, 0.25) is 5.95 Å². The Morgan fingerprint density at radius 3 is 2.57 bits per heavy atom. The van der Waals surface area contributed by atoms with E-state index in [9.17, 15) is 4.79 Å². The van der Waals surface area contributed by atoms with Gasteiger partial charge in [-0.15, -0.1) is 0 Å². The summed E-state index contributed by atoms with van der Waals surface area (Å²) in [7, 11) is 0. The average Bonchev–Trinajstić information content (AvgIpc) is 2.90. The molecule has 1 saturated heterocycles. The van der Waals surface area contributed by atoms with Gasteiger partial charge in [0.05, 0.1) is 18.3 Å². The molecule has 0 amide bonds. The third-order valence-corrected chi connectivity index (χ3v) is 4.18. The van der Waals surface area contributed by atoms with E-state index in [0.717, 1.165) is 36.4 Å². The summed E-state index contributed by atoms with van der Waals surface area (Å²) in [6.45, 7) is 2.62. The van der Waals surface area contributed by atoms with Crippen molar-refractivity contribution in [2.75, 3.05) is 18.0 Å². The lowest BCUT2D eigenvalue weighted by Gasteiger charge is -2.17. The van der Waals surface area contributed by atoms with Crippen LogP contribution in [0.2, 0.25) is 0 Å². The number of carboxylic acid groups (broad SMARTS) is 1. The lowest BCUT2D eigenvalue weighted by molar-refractivity contribution is 0.0697. The molecule has 0 spiro atoms. The van der Waals surface area contributed by atoms with E-state index in [0.29, 0.717) is 6.54 Å². The highest BCUT2D eigenvalue weighted by molar-refractivity contribution is 5.86. The minimum Gasteiger partial charge on any atom is -0.478 e. The predicted molar refractivity (Wildman–Crippen MR) is 74.1 cm³/mol. The molecule has 0 radical (unpaired) electrons. The van der Waals surface area contributed by atoms with E-state index in [1.54, 1.807) is 17.1 Å². The Morgan fingerprint density at radius 2 is 1.95 bits per heavy atom. The number of aromatic carboxylic acids is 1. The van der Waals surface area contributed by atoms with Crippen molar-refractivity contribution in [3.05, 3.63) is 35.9 Å². The lowest BCUT2D eigenvalue weighted by atomic mass is 10.3. The summed E-state index contributed by atoms with van der Waals surface area (Å²) in [5.74, 6) is 1.52. The Labute approximate surface area is 121 Å². The zero-order valence-corrected chi connectivity index (χ0v) is 11.4. The quantitative estimate of drug-likeness (QED) is 0.897. The van der Waals surface area contributed by atoms with E-state index in [1.165, 1.54) is 18.8 Å². The first-order valence-electron chi connectivity index (χ1n) is 7.00. The second-order valence-corrected chi connectivity index (χ2v) is 5.78. The number of hydrogen-bond acceptors (Lipinski definition) is 5. The molecule has 108 valence electrons. The van der Waals surface area contributed by atoms with Gasteiger partial charge in [0, 0.05) is 37.2 Å². The van der Waals surface area contributed by atoms with Gasteiger partial charge < -0.3 is 10.0 Å². The zero-order chi connectivity index (χ0) is 14.4. The second-order valence-electron chi connectivity index (χ2n) is 5.78. The van der Waals surface area contributed by atoms with Crippen molar-refractivity contribution >= 4 is 11.9 Å². The van der Waals surface area contributed by atoms with Crippen molar-refractivity contribution < 1.29 is 9.90 Å². The molecule has 2 atom stereocenters. The Hall–Kier alpha value is -2.44. The van der Waals surface area contributed by atoms with Gasteiger partial charge in [0.15, 0.2) is 0 Å². The van der Waals surface area contributed by atoms with E-state index >= 15 is 0 Å². The fraction of sp³-hybridized carbons (Fsp3) is 0.429. The van der Waals surface area contributed by atoms with Crippen LogP contribution in [0.4, 0.5) is 5.95 Å². The molecule has 0 aromatic carbocycles. The molecule has 4 rings (SSSR count). The maximum absolute atomic E-state index is 10.8. The smallest absolute Gasteiger partial charge is 0.338 e. The molecule has 1 aliphatic heterocycles. The molecular formula is C14H15N5O2. The van der Waals surface area contributed by atoms with Gasteiger partial charge in [-0.1, -0.05) is 0 Å². The molecule has 1 N–H and O–H groups in total. The van der Waals surface area contributed by atoms with Crippen LogP contribution in [0.3, 0.4) is 0 Å². The first kappa shape index (κ1) is 12.3. The number of hydrogen-bond donors (Lipinski definition) is 1. The molecule has 2 fully saturated rings. The number of carbonyl (C=O) groups is 1. The molecule has 2 aliphatic rings. The minimum absolute atomic E-state index is 0.184. The third-order valence-electron chi connectivity index (χ3n) is 4.18. The van der Waals surface area contributed by atoms with Crippen LogP contribution in [0.15, 0.2) is 24.8 Å². The van der Waals surface area contributed by atoms with E-state index < -0.39 is 5.97 Å². The minimum atomic E-state index is -0.972. The van der Waals surface area contributed by atoms with Gasteiger partial charge in [-0.2, -0.15) is 5.10 Å². The molecule has 3 heterocycles. The monoisotopic (exact) mass is 285 g/mol. The molecule has 2 aromatic rings. The highest BCUT2D eigenvalue weighted by atomic mass is 16.4. The van der Waals surface area contributed by atoms with Gasteiger partial charge >= 0.3 is 5.97 Å². The van der Waals surface area contributed by atoms with Gasteiger partial charge in [-0.3, -0.25) is 4.68 Å². The summed E-state index contributed by atoms with van der Waals surface area (Å²) in [5.41, 5.74) is 1.09. The number of aromatic nitrogens is 4. The fourth-order valence-corrected chi connectivity index (χ4v) is 2.90. The van der Waals surface area contributed by atoms with Gasteiger partial charge in [0.25, 0.3) is 0 Å². The molecule has 2 unspecified atom stereocenters. The Morgan fingerprint density at radius 1 is 1.24 bits per heavy atom. The summed E-state index contributed by atoms with van der Waals surface area (Å²) < 4.78 is 1.58. The average molecular weight is 285 g/mol. The number of piperidine rings is 1. The second kappa shape index (κ2) is 4.54. The Kier molecular flexibility index (Phi) is 2.66. The SMILES string of the molecule is O=C(O)c1cnn(Cc2cnc(N3CC4CC4C3)nc2)c1. The highest BCUT2D eigenvalue weighted by Crippen LogP contribution is 2.45. The third kappa shape index (κ3) is 2.35. The van der Waals surface area contributed by atoms with Gasteiger partial charge in [0.1, 0.15) is 0 Å². The molecular weight excluding hydrogens is 270 g/mol. The van der Waals surface area contributed by atoms with E-state index in [2.05, 4.69) is 20.0 Å². The van der Waals surface area contributed by atoms with Gasteiger partial charge in [-0.05, 0) is 18.3 Å². The van der Waals surface area contributed by atoms with Crippen molar-refractivity contribution in [1.29, 1.82) is 0 Å². The lowest BCUT2D eigenvalue weighted by Crippen LogP contribution is -2.24. The Bertz CT molecular complexity index is 671. The molecule has 21 heavy (non-hydrogen) atoms. The van der Waals surface area contributed by atoms with Crippen LogP contribution >= 0.6 is 0 Å². The molecule has 1 saturated carbocycles.